The summed E-state index contributed by atoms with van der Waals surface area (Å²) in [6.45, 7) is 8.39. The van der Waals surface area contributed by atoms with E-state index in [2.05, 4.69) is 36.5 Å². The summed E-state index contributed by atoms with van der Waals surface area (Å²) in [6.07, 6.45) is 1.13. The standard InChI is InChI=1S/C16H22N2O2/c1-4-7-17-10-14-8-12(2)5-6-16(14)19-11-15-9-13(3)20-18-15/h5-6,8-9,17H,4,7,10-11H2,1-3H3. The minimum absolute atomic E-state index is 0.432. The van der Waals surface area contributed by atoms with Gasteiger partial charge in [-0.25, -0.2) is 0 Å². The number of nitrogens with zero attached hydrogens (tertiary/aromatic N) is 1. The van der Waals surface area contributed by atoms with Crippen LogP contribution in [0.1, 0.15) is 35.9 Å². The van der Waals surface area contributed by atoms with E-state index in [1.54, 1.807) is 0 Å². The lowest BCUT2D eigenvalue weighted by Gasteiger charge is -2.12. The lowest BCUT2D eigenvalue weighted by molar-refractivity contribution is 0.284. The Morgan fingerprint density at radius 1 is 1.25 bits per heavy atom. The second kappa shape index (κ2) is 7.10. The first kappa shape index (κ1) is 14.6. The highest BCUT2D eigenvalue weighted by Crippen LogP contribution is 2.21. The number of nitrogens with one attached hydrogen (secondary N) is 1. The molecule has 0 saturated heterocycles. The molecule has 1 aromatic heterocycles. The first-order valence-corrected chi connectivity index (χ1v) is 7.04. The fraction of sp³-hybridized carbons (Fsp3) is 0.438. The Morgan fingerprint density at radius 3 is 2.80 bits per heavy atom. The minimum atomic E-state index is 0.432. The quantitative estimate of drug-likeness (QED) is 0.786. The van der Waals surface area contributed by atoms with Gasteiger partial charge in [0.05, 0.1) is 0 Å². The molecule has 4 nitrogen and oxygen atoms in total. The zero-order valence-electron chi connectivity index (χ0n) is 12.4. The van der Waals surface area contributed by atoms with Crippen molar-refractivity contribution in [3.8, 4) is 5.75 Å². The summed E-state index contributed by atoms with van der Waals surface area (Å²) in [5.41, 5.74) is 3.23. The Balaban J connectivity index is 2.01. The van der Waals surface area contributed by atoms with Crippen LogP contribution in [0.2, 0.25) is 0 Å². The molecule has 20 heavy (non-hydrogen) atoms. The number of aryl methyl sites for hydroxylation is 2. The fourth-order valence-corrected chi connectivity index (χ4v) is 2.02. The minimum Gasteiger partial charge on any atom is -0.487 e. The van der Waals surface area contributed by atoms with Crippen LogP contribution in [0, 0.1) is 13.8 Å². The summed E-state index contributed by atoms with van der Waals surface area (Å²) in [4.78, 5) is 0. The highest BCUT2D eigenvalue weighted by atomic mass is 16.5. The van der Waals surface area contributed by atoms with Crippen LogP contribution in [0.4, 0.5) is 0 Å². The van der Waals surface area contributed by atoms with Gasteiger partial charge in [-0.15, -0.1) is 0 Å². The van der Waals surface area contributed by atoms with E-state index < -0.39 is 0 Å². The smallest absolute Gasteiger partial charge is 0.134 e. The van der Waals surface area contributed by atoms with Gasteiger partial charge in [-0.05, 0) is 32.9 Å². The molecular weight excluding hydrogens is 252 g/mol. The van der Waals surface area contributed by atoms with Crippen LogP contribution in [0.25, 0.3) is 0 Å². The summed E-state index contributed by atoms with van der Waals surface area (Å²) in [5, 5.41) is 7.34. The molecule has 0 amide bonds. The van der Waals surface area contributed by atoms with Crippen molar-refractivity contribution < 1.29 is 9.26 Å². The molecule has 0 aliphatic heterocycles. The number of hydrogen-bond acceptors (Lipinski definition) is 4. The van der Waals surface area contributed by atoms with Crippen molar-refractivity contribution in [2.75, 3.05) is 6.54 Å². The predicted octanol–water partition coefficient (Wildman–Crippen LogP) is 3.37. The first-order chi connectivity index (χ1) is 9.69. The fourth-order valence-electron chi connectivity index (χ4n) is 2.02. The summed E-state index contributed by atoms with van der Waals surface area (Å²) in [5.74, 6) is 1.71. The van der Waals surface area contributed by atoms with Gasteiger partial charge in [-0.3, -0.25) is 0 Å². The van der Waals surface area contributed by atoms with E-state index >= 15 is 0 Å². The Kier molecular flexibility index (Phi) is 5.18. The van der Waals surface area contributed by atoms with Crippen molar-refractivity contribution in [2.24, 2.45) is 0 Å². The maximum absolute atomic E-state index is 5.86. The summed E-state index contributed by atoms with van der Waals surface area (Å²) < 4.78 is 10.9. The van der Waals surface area contributed by atoms with Gasteiger partial charge in [0.15, 0.2) is 0 Å². The van der Waals surface area contributed by atoms with Crippen molar-refractivity contribution in [2.45, 2.75) is 40.3 Å². The van der Waals surface area contributed by atoms with Crippen LogP contribution in [-0.2, 0) is 13.2 Å². The molecule has 108 valence electrons. The molecule has 0 unspecified atom stereocenters. The van der Waals surface area contributed by atoms with E-state index in [1.807, 2.05) is 19.1 Å². The molecule has 4 heteroatoms. The second-order valence-electron chi connectivity index (χ2n) is 5.01. The van der Waals surface area contributed by atoms with E-state index in [0.717, 1.165) is 36.7 Å². The molecule has 0 aliphatic carbocycles. The molecule has 0 radical (unpaired) electrons. The largest absolute Gasteiger partial charge is 0.487 e. The lowest BCUT2D eigenvalue weighted by Crippen LogP contribution is -2.14. The van der Waals surface area contributed by atoms with Crippen LogP contribution in [0.5, 0.6) is 5.75 Å². The topological polar surface area (TPSA) is 47.3 Å². The zero-order valence-corrected chi connectivity index (χ0v) is 12.4. The van der Waals surface area contributed by atoms with Gasteiger partial charge in [-0.1, -0.05) is 29.8 Å². The molecule has 0 atom stereocenters. The number of benzene rings is 1. The SMILES string of the molecule is CCCNCc1cc(C)ccc1OCc1cc(C)on1. The van der Waals surface area contributed by atoms with Crippen molar-refractivity contribution >= 4 is 0 Å². The number of ether oxygens (including phenoxy) is 1. The number of aromatic nitrogens is 1. The molecule has 0 fully saturated rings. The third kappa shape index (κ3) is 4.10. The molecule has 0 saturated carbocycles. The molecular formula is C16H22N2O2. The molecule has 0 spiro atoms. The van der Waals surface area contributed by atoms with Crippen molar-refractivity contribution in [3.05, 3.63) is 46.8 Å². The van der Waals surface area contributed by atoms with Gasteiger partial charge < -0.3 is 14.6 Å². The Hall–Kier alpha value is -1.81. The third-order valence-electron chi connectivity index (χ3n) is 3.01. The van der Waals surface area contributed by atoms with Gasteiger partial charge in [0.25, 0.3) is 0 Å². The van der Waals surface area contributed by atoms with Crippen molar-refractivity contribution in [3.63, 3.8) is 0 Å². The molecule has 1 aromatic carbocycles. The van der Waals surface area contributed by atoms with E-state index in [4.69, 9.17) is 9.26 Å². The number of rotatable bonds is 7. The van der Waals surface area contributed by atoms with Crippen LogP contribution >= 0.6 is 0 Å². The van der Waals surface area contributed by atoms with E-state index in [-0.39, 0.29) is 0 Å². The molecule has 1 N–H and O–H groups in total. The number of hydrogen-bond donors (Lipinski definition) is 1. The molecule has 1 heterocycles. The third-order valence-corrected chi connectivity index (χ3v) is 3.01. The van der Waals surface area contributed by atoms with Gasteiger partial charge >= 0.3 is 0 Å². The second-order valence-corrected chi connectivity index (χ2v) is 5.01. The Morgan fingerprint density at radius 2 is 2.10 bits per heavy atom. The van der Waals surface area contributed by atoms with Gasteiger partial charge in [0.1, 0.15) is 23.8 Å². The Labute approximate surface area is 120 Å². The summed E-state index contributed by atoms with van der Waals surface area (Å²) in [6, 6.07) is 8.13. The monoisotopic (exact) mass is 274 g/mol. The van der Waals surface area contributed by atoms with E-state index in [1.165, 1.54) is 11.1 Å². The van der Waals surface area contributed by atoms with Crippen molar-refractivity contribution in [1.29, 1.82) is 0 Å². The average molecular weight is 274 g/mol. The molecule has 0 aliphatic rings. The maximum atomic E-state index is 5.86. The summed E-state index contributed by atoms with van der Waals surface area (Å²) >= 11 is 0. The molecule has 2 aromatic rings. The maximum Gasteiger partial charge on any atom is 0.134 e. The molecule has 2 rings (SSSR count). The molecule has 0 bridgehead atoms. The van der Waals surface area contributed by atoms with Crippen LogP contribution in [-0.4, -0.2) is 11.7 Å². The van der Waals surface area contributed by atoms with Gasteiger partial charge in [0.2, 0.25) is 0 Å². The summed E-state index contributed by atoms with van der Waals surface area (Å²) in [7, 11) is 0. The Bertz CT molecular complexity index is 549. The van der Waals surface area contributed by atoms with Crippen molar-refractivity contribution in [1.82, 2.24) is 10.5 Å². The normalized spacial score (nSPS) is 10.8. The lowest BCUT2D eigenvalue weighted by atomic mass is 10.1. The predicted molar refractivity (Wildman–Crippen MR) is 78.7 cm³/mol. The van der Waals surface area contributed by atoms with Crippen LogP contribution < -0.4 is 10.1 Å². The van der Waals surface area contributed by atoms with Gasteiger partial charge in [0, 0.05) is 18.2 Å². The highest BCUT2D eigenvalue weighted by Gasteiger charge is 2.06. The zero-order chi connectivity index (χ0) is 14.4. The van der Waals surface area contributed by atoms with Gasteiger partial charge in [-0.2, -0.15) is 0 Å². The van der Waals surface area contributed by atoms with Crippen LogP contribution in [0.3, 0.4) is 0 Å². The van der Waals surface area contributed by atoms with E-state index in [9.17, 15) is 0 Å². The highest BCUT2D eigenvalue weighted by molar-refractivity contribution is 5.37. The average Bonchev–Trinajstić information content (AvgIpc) is 2.84. The van der Waals surface area contributed by atoms with E-state index in [0.29, 0.717) is 6.61 Å². The first-order valence-electron chi connectivity index (χ1n) is 7.04. The van der Waals surface area contributed by atoms with Crippen LogP contribution in [0.15, 0.2) is 28.8 Å².